The summed E-state index contributed by atoms with van der Waals surface area (Å²) < 4.78 is 35.0. The van der Waals surface area contributed by atoms with Crippen LogP contribution in [0.1, 0.15) is 26.0 Å². The highest BCUT2D eigenvalue weighted by Gasteiger charge is 2.42. The lowest BCUT2D eigenvalue weighted by Crippen LogP contribution is -2.36. The summed E-state index contributed by atoms with van der Waals surface area (Å²) in [6, 6.07) is 0. The van der Waals surface area contributed by atoms with Gasteiger partial charge >= 0.3 is 13.5 Å². The molecule has 1 aromatic heterocycles. The molecule has 2 rings (SSSR count). The molecule has 1 unspecified atom stereocenters. The van der Waals surface area contributed by atoms with Gasteiger partial charge < -0.3 is 19.6 Å². The molecule has 1 aliphatic rings. The number of halogens is 1. The van der Waals surface area contributed by atoms with E-state index < -0.39 is 49.4 Å². The minimum Gasteiger partial charge on any atom is -0.390 e. The highest BCUT2D eigenvalue weighted by Crippen LogP contribution is 2.42. The molecule has 23 heavy (non-hydrogen) atoms. The summed E-state index contributed by atoms with van der Waals surface area (Å²) in [5.74, 6) is -1.20. The topological polar surface area (TPSA) is 151 Å². The minimum absolute atomic E-state index is 0.119. The van der Waals surface area contributed by atoms with Crippen LogP contribution in [0.3, 0.4) is 0 Å². The van der Waals surface area contributed by atoms with E-state index in [1.807, 2.05) is 0 Å². The van der Waals surface area contributed by atoms with Crippen molar-refractivity contribution in [2.45, 2.75) is 44.3 Å². The Morgan fingerprint density at radius 3 is 2.78 bits per heavy atom. The van der Waals surface area contributed by atoms with Crippen LogP contribution in [0, 0.1) is 5.82 Å². The zero-order valence-electron chi connectivity index (χ0n) is 12.0. The summed E-state index contributed by atoms with van der Waals surface area (Å²) in [6.45, 7) is 1.57. The highest BCUT2D eigenvalue weighted by molar-refractivity contribution is 7.46. The number of hydrogen-bond donors (Lipinski definition) is 4. The molecule has 0 aromatic carbocycles. The Bertz CT molecular complexity index is 727. The van der Waals surface area contributed by atoms with Crippen LogP contribution >= 0.6 is 7.82 Å². The van der Waals surface area contributed by atoms with Crippen molar-refractivity contribution >= 4 is 7.82 Å². The van der Waals surface area contributed by atoms with Gasteiger partial charge in [-0.2, -0.15) is 4.39 Å². The molecule has 4 atom stereocenters. The smallest absolute Gasteiger partial charge is 0.390 e. The second-order valence-corrected chi connectivity index (χ2v) is 6.24. The monoisotopic (exact) mass is 354 g/mol. The standard InChI is InChI=1S/C11H16FN2O8P/c1-2-7(22-23(18,19)20)9-6(15)3-8(21-9)14-4-5(12)10(16)13-11(14)17/h4,6-9,15H,2-3H2,1H3,(H,13,16,17)(H2,18,19,20)/t6-,7?,8+,9-/m0/s1. The molecule has 0 amide bonds. The number of aromatic nitrogens is 2. The van der Waals surface area contributed by atoms with Crippen LogP contribution < -0.4 is 11.2 Å². The lowest BCUT2D eigenvalue weighted by Gasteiger charge is -2.25. The number of hydrogen-bond acceptors (Lipinski definition) is 6. The van der Waals surface area contributed by atoms with Crippen LogP contribution in [0.25, 0.3) is 0 Å². The van der Waals surface area contributed by atoms with Gasteiger partial charge in [0, 0.05) is 6.42 Å². The number of phosphoric ester groups is 1. The first-order valence-corrected chi connectivity index (χ1v) is 8.24. The molecule has 10 nitrogen and oxygen atoms in total. The molecule has 1 saturated heterocycles. The summed E-state index contributed by atoms with van der Waals surface area (Å²) >= 11 is 0. The molecule has 0 saturated carbocycles. The van der Waals surface area contributed by atoms with Gasteiger partial charge in [0.2, 0.25) is 5.82 Å². The summed E-state index contributed by atoms with van der Waals surface area (Å²) in [7, 11) is -4.80. The maximum atomic E-state index is 13.3. The molecule has 1 aliphatic heterocycles. The van der Waals surface area contributed by atoms with Gasteiger partial charge in [-0.15, -0.1) is 0 Å². The van der Waals surface area contributed by atoms with Crippen LogP contribution in [-0.4, -0.2) is 42.8 Å². The number of aliphatic hydroxyl groups excluding tert-OH is 1. The number of rotatable bonds is 5. The first kappa shape index (κ1) is 18.0. The van der Waals surface area contributed by atoms with E-state index in [1.165, 1.54) is 0 Å². The van der Waals surface area contributed by atoms with Crippen molar-refractivity contribution in [3.8, 4) is 0 Å². The fourth-order valence-corrected chi connectivity index (χ4v) is 3.02. The summed E-state index contributed by atoms with van der Waals surface area (Å²) in [5, 5.41) is 9.99. The predicted molar refractivity (Wildman–Crippen MR) is 73.0 cm³/mol. The first-order chi connectivity index (χ1) is 10.6. The summed E-state index contributed by atoms with van der Waals surface area (Å²) in [4.78, 5) is 42.2. The normalized spacial score (nSPS) is 26.4. The summed E-state index contributed by atoms with van der Waals surface area (Å²) in [6.07, 6.45) is -3.93. The molecule has 12 heteroatoms. The average molecular weight is 354 g/mol. The van der Waals surface area contributed by atoms with Crippen molar-refractivity contribution in [3.63, 3.8) is 0 Å². The largest absolute Gasteiger partial charge is 0.469 e. The SMILES string of the molecule is CCC(OP(=O)(O)O)[C@H]1O[C@@H](n2cc(F)c(=O)[nH]c2=O)C[C@@H]1O. The average Bonchev–Trinajstić information content (AvgIpc) is 2.81. The number of nitrogens with zero attached hydrogens (tertiary/aromatic N) is 1. The van der Waals surface area contributed by atoms with Gasteiger partial charge in [-0.05, 0) is 6.42 Å². The van der Waals surface area contributed by atoms with Crippen molar-refractivity contribution in [1.29, 1.82) is 0 Å². The molecule has 1 aromatic rings. The molecule has 0 radical (unpaired) electrons. The van der Waals surface area contributed by atoms with E-state index in [-0.39, 0.29) is 12.8 Å². The third-order valence-corrected chi connectivity index (χ3v) is 3.96. The van der Waals surface area contributed by atoms with Gasteiger partial charge in [0.25, 0.3) is 5.56 Å². The Labute approximate surface area is 128 Å². The van der Waals surface area contributed by atoms with Gasteiger partial charge in [-0.3, -0.25) is 18.9 Å². The number of phosphoric acid groups is 1. The van der Waals surface area contributed by atoms with Crippen LogP contribution in [0.2, 0.25) is 0 Å². The Balaban J connectivity index is 2.24. The highest BCUT2D eigenvalue weighted by atomic mass is 31.2. The zero-order chi connectivity index (χ0) is 17.4. The number of ether oxygens (including phenoxy) is 1. The van der Waals surface area contributed by atoms with Crippen LogP contribution in [-0.2, 0) is 13.8 Å². The fourth-order valence-electron chi connectivity index (χ4n) is 2.40. The molecule has 4 N–H and O–H groups in total. The van der Waals surface area contributed by atoms with Crippen LogP contribution in [0.4, 0.5) is 4.39 Å². The van der Waals surface area contributed by atoms with E-state index >= 15 is 0 Å². The van der Waals surface area contributed by atoms with Crippen molar-refractivity contribution in [2.24, 2.45) is 0 Å². The Morgan fingerprint density at radius 1 is 1.57 bits per heavy atom. The Hall–Kier alpha value is -1.36. The number of nitrogens with one attached hydrogen (secondary N) is 1. The van der Waals surface area contributed by atoms with Crippen molar-refractivity contribution < 1.29 is 33.1 Å². The molecule has 130 valence electrons. The van der Waals surface area contributed by atoms with Crippen LogP contribution in [0.15, 0.2) is 15.8 Å². The first-order valence-electron chi connectivity index (χ1n) is 6.70. The number of aliphatic hydroxyl groups is 1. The molecule has 0 spiro atoms. The van der Waals surface area contributed by atoms with Crippen LogP contribution in [0.5, 0.6) is 0 Å². The summed E-state index contributed by atoms with van der Waals surface area (Å²) in [5.41, 5.74) is -2.11. The lowest BCUT2D eigenvalue weighted by molar-refractivity contribution is -0.0815. The maximum absolute atomic E-state index is 13.3. The van der Waals surface area contributed by atoms with Gasteiger partial charge in [0.05, 0.1) is 18.4 Å². The van der Waals surface area contributed by atoms with Gasteiger partial charge in [0.15, 0.2) is 0 Å². The number of H-pyrrole nitrogens is 1. The zero-order valence-corrected chi connectivity index (χ0v) is 12.9. The van der Waals surface area contributed by atoms with E-state index in [0.717, 1.165) is 4.57 Å². The van der Waals surface area contributed by atoms with Crippen molar-refractivity contribution in [3.05, 3.63) is 32.9 Å². The fraction of sp³-hybridized carbons (Fsp3) is 0.636. The maximum Gasteiger partial charge on any atom is 0.469 e. The van der Waals surface area contributed by atoms with E-state index in [1.54, 1.807) is 11.9 Å². The van der Waals surface area contributed by atoms with E-state index in [4.69, 9.17) is 14.5 Å². The third-order valence-electron chi connectivity index (χ3n) is 3.41. The van der Waals surface area contributed by atoms with Gasteiger partial charge in [-0.25, -0.2) is 9.36 Å². The predicted octanol–water partition coefficient (Wildman–Crippen LogP) is -0.788. The van der Waals surface area contributed by atoms with Crippen molar-refractivity contribution in [2.75, 3.05) is 0 Å². The van der Waals surface area contributed by atoms with Gasteiger partial charge in [0.1, 0.15) is 12.3 Å². The third kappa shape index (κ3) is 4.14. The van der Waals surface area contributed by atoms with Gasteiger partial charge in [-0.1, -0.05) is 6.92 Å². The number of aromatic amines is 1. The van der Waals surface area contributed by atoms with E-state index in [0.29, 0.717) is 6.20 Å². The molecular formula is C11H16FN2O8P. The minimum atomic E-state index is -4.80. The van der Waals surface area contributed by atoms with E-state index in [2.05, 4.69) is 4.52 Å². The molecule has 2 heterocycles. The second kappa shape index (κ2) is 6.63. The molecule has 0 bridgehead atoms. The van der Waals surface area contributed by atoms with E-state index in [9.17, 15) is 23.7 Å². The van der Waals surface area contributed by atoms with Crippen molar-refractivity contribution in [1.82, 2.24) is 9.55 Å². The quantitative estimate of drug-likeness (QED) is 0.502. The molecule has 1 fully saturated rings. The second-order valence-electron chi connectivity index (χ2n) is 5.04. The molecular weight excluding hydrogens is 338 g/mol. The Morgan fingerprint density at radius 2 is 2.22 bits per heavy atom. The lowest BCUT2D eigenvalue weighted by atomic mass is 10.1. The molecule has 0 aliphatic carbocycles. The Kier molecular flexibility index (Phi) is 5.19.